The van der Waals surface area contributed by atoms with Gasteiger partial charge in [-0.1, -0.05) is 12.1 Å². The molecule has 126 valence electrons. The van der Waals surface area contributed by atoms with Crippen LogP contribution in [0.5, 0.6) is 5.75 Å². The Balaban J connectivity index is 1.62. The van der Waals surface area contributed by atoms with Gasteiger partial charge in [0.05, 0.1) is 25.7 Å². The Kier molecular flexibility index (Phi) is 4.50. The number of sulfonamides is 1. The lowest BCUT2D eigenvalue weighted by Crippen LogP contribution is -2.45. The van der Waals surface area contributed by atoms with Crippen molar-refractivity contribution in [2.75, 3.05) is 38.0 Å². The Morgan fingerprint density at radius 1 is 1.13 bits per heavy atom. The molecule has 1 aromatic carbocycles. The van der Waals surface area contributed by atoms with Crippen LogP contribution in [0.15, 0.2) is 36.7 Å². The smallest absolute Gasteiger partial charge is 0.211 e. The topological polar surface area (TPSA) is 53.1 Å². The van der Waals surface area contributed by atoms with Crippen molar-refractivity contribution in [2.24, 2.45) is 0 Å². The predicted octanol–water partition coefficient (Wildman–Crippen LogP) is 1.67. The van der Waals surface area contributed by atoms with E-state index in [1.807, 2.05) is 24.3 Å². The summed E-state index contributed by atoms with van der Waals surface area (Å²) in [5.41, 5.74) is 1.04. The molecule has 6 nitrogen and oxygen atoms in total. The predicted molar refractivity (Wildman–Crippen MR) is 90.8 cm³/mol. The van der Waals surface area contributed by atoms with Crippen LogP contribution in [0.3, 0.4) is 0 Å². The Morgan fingerprint density at radius 2 is 1.83 bits per heavy atom. The first kappa shape index (κ1) is 16.1. The van der Waals surface area contributed by atoms with E-state index >= 15 is 0 Å². The maximum atomic E-state index is 11.6. The fourth-order valence-electron chi connectivity index (χ4n) is 3.20. The summed E-state index contributed by atoms with van der Waals surface area (Å²) in [4.78, 5) is 4.44. The molecule has 1 fully saturated rings. The Labute approximate surface area is 138 Å². The molecule has 2 aliphatic heterocycles. The van der Waals surface area contributed by atoms with E-state index in [9.17, 15) is 8.42 Å². The summed E-state index contributed by atoms with van der Waals surface area (Å²) in [7, 11) is -1.39. The van der Waals surface area contributed by atoms with Crippen LogP contribution in [0.1, 0.15) is 12.8 Å². The second-order valence-corrected chi connectivity index (χ2v) is 7.97. The molecule has 0 amide bonds. The minimum absolute atomic E-state index is 0.379. The maximum absolute atomic E-state index is 11.6. The van der Waals surface area contributed by atoms with Gasteiger partial charge in [0.1, 0.15) is 5.75 Å². The molecule has 3 rings (SSSR count). The van der Waals surface area contributed by atoms with Crippen molar-refractivity contribution in [3.63, 3.8) is 0 Å². The summed E-state index contributed by atoms with van der Waals surface area (Å²) in [6.45, 7) is 1.97. The summed E-state index contributed by atoms with van der Waals surface area (Å²) in [5, 5.41) is 0. The molecule has 23 heavy (non-hydrogen) atoms. The van der Waals surface area contributed by atoms with Crippen molar-refractivity contribution in [1.82, 2.24) is 9.21 Å². The highest BCUT2D eigenvalue weighted by Gasteiger charge is 2.29. The van der Waals surface area contributed by atoms with E-state index in [0.717, 1.165) is 30.9 Å². The van der Waals surface area contributed by atoms with Gasteiger partial charge in [0, 0.05) is 31.5 Å². The van der Waals surface area contributed by atoms with E-state index in [1.165, 1.54) is 6.26 Å². The Morgan fingerprint density at radius 3 is 2.48 bits per heavy atom. The van der Waals surface area contributed by atoms with E-state index in [0.29, 0.717) is 19.1 Å². The first-order chi connectivity index (χ1) is 11.0. The number of anilines is 1. The van der Waals surface area contributed by atoms with Gasteiger partial charge in [-0.25, -0.2) is 12.7 Å². The standard InChI is InChI=1S/C16H23N3O3S/c1-22-16-6-4-3-5-15(16)18-12-11-17(13-18)14-7-9-19(10-8-14)23(2,20)21/h3-6,11-12,14H,7-10,13H2,1-2H3. The number of benzene rings is 1. The second-order valence-electron chi connectivity index (χ2n) is 5.99. The third kappa shape index (κ3) is 3.45. The van der Waals surface area contributed by atoms with Crippen LogP contribution in [0.25, 0.3) is 0 Å². The number of piperidine rings is 1. The fraction of sp³-hybridized carbons (Fsp3) is 0.500. The van der Waals surface area contributed by atoms with E-state index in [2.05, 4.69) is 22.2 Å². The van der Waals surface area contributed by atoms with Gasteiger partial charge < -0.3 is 14.5 Å². The number of rotatable bonds is 4. The molecule has 1 saturated heterocycles. The molecule has 0 spiro atoms. The lowest BCUT2D eigenvalue weighted by Gasteiger charge is -2.36. The highest BCUT2D eigenvalue weighted by atomic mass is 32.2. The molecule has 0 saturated carbocycles. The monoisotopic (exact) mass is 337 g/mol. The zero-order valence-electron chi connectivity index (χ0n) is 13.6. The van der Waals surface area contributed by atoms with Crippen LogP contribution in [-0.2, 0) is 10.0 Å². The number of methoxy groups -OCH3 is 1. The summed E-state index contributed by atoms with van der Waals surface area (Å²) in [5.74, 6) is 0.853. The van der Waals surface area contributed by atoms with Gasteiger partial charge in [-0.2, -0.15) is 0 Å². The number of nitrogens with zero attached hydrogens (tertiary/aromatic N) is 3. The highest BCUT2D eigenvalue weighted by Crippen LogP contribution is 2.31. The molecule has 0 bridgehead atoms. The molecular weight excluding hydrogens is 314 g/mol. The van der Waals surface area contributed by atoms with Gasteiger partial charge in [0.25, 0.3) is 0 Å². The van der Waals surface area contributed by atoms with Gasteiger partial charge in [0.2, 0.25) is 10.0 Å². The molecule has 0 aliphatic carbocycles. The lowest BCUT2D eigenvalue weighted by atomic mass is 10.1. The van der Waals surface area contributed by atoms with Crippen LogP contribution < -0.4 is 9.64 Å². The third-order valence-corrected chi connectivity index (χ3v) is 5.81. The van der Waals surface area contributed by atoms with Gasteiger partial charge in [-0.3, -0.25) is 0 Å². The molecule has 7 heteroatoms. The maximum Gasteiger partial charge on any atom is 0.211 e. The zero-order valence-corrected chi connectivity index (χ0v) is 14.4. The van der Waals surface area contributed by atoms with Crippen LogP contribution in [0, 0.1) is 0 Å². The Bertz CT molecular complexity index is 682. The van der Waals surface area contributed by atoms with Crippen molar-refractivity contribution >= 4 is 15.7 Å². The average Bonchev–Trinajstić information content (AvgIpc) is 3.04. The van der Waals surface area contributed by atoms with E-state index in [4.69, 9.17) is 4.74 Å². The molecule has 0 aromatic heterocycles. The van der Waals surface area contributed by atoms with Crippen molar-refractivity contribution in [2.45, 2.75) is 18.9 Å². The van der Waals surface area contributed by atoms with E-state index in [1.54, 1.807) is 11.4 Å². The highest BCUT2D eigenvalue weighted by molar-refractivity contribution is 7.88. The zero-order chi connectivity index (χ0) is 16.4. The van der Waals surface area contributed by atoms with Gasteiger partial charge in [0.15, 0.2) is 0 Å². The molecule has 2 heterocycles. The first-order valence-electron chi connectivity index (χ1n) is 7.78. The molecule has 1 aromatic rings. The molecule has 2 aliphatic rings. The van der Waals surface area contributed by atoms with E-state index < -0.39 is 10.0 Å². The van der Waals surface area contributed by atoms with Crippen LogP contribution in [-0.4, -0.2) is 56.8 Å². The van der Waals surface area contributed by atoms with Crippen LogP contribution in [0.4, 0.5) is 5.69 Å². The molecule has 0 atom stereocenters. The summed E-state index contributed by atoms with van der Waals surface area (Å²) >= 11 is 0. The van der Waals surface area contributed by atoms with Crippen molar-refractivity contribution < 1.29 is 13.2 Å². The third-order valence-electron chi connectivity index (χ3n) is 4.51. The molecule has 0 unspecified atom stereocenters. The van der Waals surface area contributed by atoms with Gasteiger partial charge in [-0.15, -0.1) is 0 Å². The Hall–Kier alpha value is -1.73. The number of para-hydroxylation sites is 2. The number of ether oxygens (including phenoxy) is 1. The van der Waals surface area contributed by atoms with Crippen molar-refractivity contribution in [1.29, 1.82) is 0 Å². The molecule has 0 radical (unpaired) electrons. The normalized spacial score (nSPS) is 20.3. The van der Waals surface area contributed by atoms with Crippen LogP contribution in [0.2, 0.25) is 0 Å². The van der Waals surface area contributed by atoms with Crippen molar-refractivity contribution in [3.8, 4) is 5.75 Å². The number of hydrogen-bond acceptors (Lipinski definition) is 5. The van der Waals surface area contributed by atoms with Gasteiger partial charge in [-0.05, 0) is 25.0 Å². The number of hydrogen-bond donors (Lipinski definition) is 0. The molecule has 0 N–H and O–H groups in total. The summed E-state index contributed by atoms with van der Waals surface area (Å²) in [6, 6.07) is 8.33. The second kappa shape index (κ2) is 6.41. The average molecular weight is 337 g/mol. The quantitative estimate of drug-likeness (QED) is 0.836. The summed E-state index contributed by atoms with van der Waals surface area (Å²) < 4.78 is 30.2. The van der Waals surface area contributed by atoms with Crippen LogP contribution >= 0.6 is 0 Å². The SMILES string of the molecule is COc1ccccc1N1C=CN(C2CCN(S(C)(=O)=O)CC2)C1. The molecular formula is C16H23N3O3S. The van der Waals surface area contributed by atoms with Gasteiger partial charge >= 0.3 is 0 Å². The largest absolute Gasteiger partial charge is 0.495 e. The van der Waals surface area contributed by atoms with Crippen molar-refractivity contribution in [3.05, 3.63) is 36.7 Å². The lowest BCUT2D eigenvalue weighted by molar-refractivity contribution is 0.200. The minimum Gasteiger partial charge on any atom is -0.495 e. The van der Waals surface area contributed by atoms with E-state index in [-0.39, 0.29) is 0 Å². The minimum atomic E-state index is -3.07. The summed E-state index contributed by atoms with van der Waals surface area (Å²) in [6.07, 6.45) is 7.15. The fourth-order valence-corrected chi connectivity index (χ4v) is 4.08. The first-order valence-corrected chi connectivity index (χ1v) is 9.63.